The van der Waals surface area contributed by atoms with Gasteiger partial charge in [0.1, 0.15) is 22.1 Å². The van der Waals surface area contributed by atoms with Crippen molar-refractivity contribution in [1.82, 2.24) is 4.98 Å². The molecule has 0 radical (unpaired) electrons. The van der Waals surface area contributed by atoms with Crippen molar-refractivity contribution in [3.8, 4) is 6.07 Å². The summed E-state index contributed by atoms with van der Waals surface area (Å²) in [6, 6.07) is 3.50. The van der Waals surface area contributed by atoms with E-state index in [1.165, 1.54) is 0 Å². The number of nitrogens with zero attached hydrogens (tertiary/aromatic N) is 3. The van der Waals surface area contributed by atoms with Gasteiger partial charge in [-0.05, 0) is 15.9 Å². The predicted molar refractivity (Wildman–Crippen MR) is 70.7 cm³/mol. The minimum absolute atomic E-state index is 0.00428. The second-order valence-corrected chi connectivity index (χ2v) is 5.70. The SMILES string of the molecule is N#Cc1c(N)cc(N2CC(Br)CC2=O)nc1Br. The zero-order valence-corrected chi connectivity index (χ0v) is 11.8. The molecule has 2 heterocycles. The molecule has 0 spiro atoms. The first kappa shape index (κ1) is 12.3. The summed E-state index contributed by atoms with van der Waals surface area (Å²) in [7, 11) is 0. The highest BCUT2D eigenvalue weighted by atomic mass is 79.9. The number of aromatic nitrogens is 1. The molecule has 88 valence electrons. The van der Waals surface area contributed by atoms with Gasteiger partial charge in [0.2, 0.25) is 5.91 Å². The molecule has 1 aliphatic rings. The number of nitrogen functional groups attached to an aromatic ring is 1. The molecule has 2 rings (SSSR count). The third-order valence-corrected chi connectivity index (χ3v) is 3.65. The fourth-order valence-corrected chi connectivity index (χ4v) is 2.72. The summed E-state index contributed by atoms with van der Waals surface area (Å²) >= 11 is 6.57. The molecule has 2 N–H and O–H groups in total. The summed E-state index contributed by atoms with van der Waals surface area (Å²) in [5.41, 5.74) is 6.34. The third kappa shape index (κ3) is 2.28. The van der Waals surface area contributed by atoms with Crippen molar-refractivity contribution in [2.24, 2.45) is 0 Å². The van der Waals surface area contributed by atoms with Gasteiger partial charge in [-0.2, -0.15) is 5.26 Å². The Hall–Kier alpha value is -1.13. The quantitative estimate of drug-likeness (QED) is 0.612. The van der Waals surface area contributed by atoms with E-state index >= 15 is 0 Å². The van der Waals surface area contributed by atoms with Gasteiger partial charge in [-0.3, -0.25) is 9.69 Å². The van der Waals surface area contributed by atoms with Crippen LogP contribution in [-0.2, 0) is 4.79 Å². The Balaban J connectivity index is 2.42. The summed E-state index contributed by atoms with van der Waals surface area (Å²) in [4.78, 5) is 17.6. The Morgan fingerprint density at radius 2 is 2.35 bits per heavy atom. The maximum atomic E-state index is 11.7. The monoisotopic (exact) mass is 358 g/mol. The van der Waals surface area contributed by atoms with Gasteiger partial charge in [-0.25, -0.2) is 4.98 Å². The van der Waals surface area contributed by atoms with E-state index < -0.39 is 0 Å². The van der Waals surface area contributed by atoms with Gasteiger partial charge in [0.25, 0.3) is 0 Å². The van der Waals surface area contributed by atoms with Crippen LogP contribution in [0.4, 0.5) is 11.5 Å². The molecule has 1 saturated heterocycles. The van der Waals surface area contributed by atoms with E-state index in [1.54, 1.807) is 11.0 Å². The van der Waals surface area contributed by atoms with Crippen LogP contribution in [0, 0.1) is 11.3 Å². The van der Waals surface area contributed by atoms with Gasteiger partial charge >= 0.3 is 0 Å². The first-order valence-corrected chi connectivity index (χ1v) is 6.54. The molecule has 1 aliphatic heterocycles. The van der Waals surface area contributed by atoms with E-state index in [1.807, 2.05) is 6.07 Å². The molecule has 0 saturated carbocycles. The predicted octanol–water partition coefficient (Wildman–Crippen LogP) is 1.80. The molecule has 1 fully saturated rings. The number of carbonyl (C=O) groups is 1. The number of halogens is 2. The highest BCUT2D eigenvalue weighted by Crippen LogP contribution is 2.29. The lowest BCUT2D eigenvalue weighted by Crippen LogP contribution is -2.25. The topological polar surface area (TPSA) is 83.0 Å². The summed E-state index contributed by atoms with van der Waals surface area (Å²) in [5, 5.41) is 8.86. The second-order valence-electron chi connectivity index (χ2n) is 3.65. The lowest BCUT2D eigenvalue weighted by molar-refractivity contribution is -0.117. The number of carbonyl (C=O) groups excluding carboxylic acids is 1. The van der Waals surface area contributed by atoms with E-state index in [4.69, 9.17) is 11.0 Å². The largest absolute Gasteiger partial charge is 0.397 e. The van der Waals surface area contributed by atoms with E-state index in [0.717, 1.165) is 0 Å². The van der Waals surface area contributed by atoms with Crippen molar-refractivity contribution < 1.29 is 4.79 Å². The van der Waals surface area contributed by atoms with Crippen molar-refractivity contribution in [3.05, 3.63) is 16.2 Å². The highest BCUT2D eigenvalue weighted by molar-refractivity contribution is 9.10. The smallest absolute Gasteiger partial charge is 0.229 e. The fourth-order valence-electron chi connectivity index (χ4n) is 1.65. The number of pyridine rings is 1. The van der Waals surface area contributed by atoms with Crippen LogP contribution >= 0.6 is 31.9 Å². The van der Waals surface area contributed by atoms with Crippen molar-refractivity contribution in [1.29, 1.82) is 5.26 Å². The summed E-state index contributed by atoms with van der Waals surface area (Å²) in [5.74, 6) is 0.468. The fraction of sp³-hybridized carbons (Fsp3) is 0.300. The van der Waals surface area contributed by atoms with Crippen LogP contribution in [0.25, 0.3) is 0 Å². The first-order valence-electron chi connectivity index (χ1n) is 4.83. The highest BCUT2D eigenvalue weighted by Gasteiger charge is 2.30. The molecule has 0 aromatic carbocycles. The number of nitriles is 1. The van der Waals surface area contributed by atoms with Crippen molar-refractivity contribution in [3.63, 3.8) is 0 Å². The zero-order chi connectivity index (χ0) is 12.6. The molecule has 1 atom stereocenters. The number of nitrogens with two attached hydrogens (primary N) is 1. The summed E-state index contributed by atoms with van der Waals surface area (Å²) in [6.45, 7) is 0.559. The number of rotatable bonds is 1. The van der Waals surface area contributed by atoms with Crippen molar-refractivity contribution in [2.75, 3.05) is 17.2 Å². The molecule has 5 nitrogen and oxygen atoms in total. The molecule has 1 aromatic heterocycles. The molecule has 17 heavy (non-hydrogen) atoms. The van der Waals surface area contributed by atoms with Crippen LogP contribution in [0.3, 0.4) is 0 Å². The van der Waals surface area contributed by atoms with Crippen LogP contribution in [0.5, 0.6) is 0 Å². The van der Waals surface area contributed by atoms with Crippen LogP contribution in [0.2, 0.25) is 0 Å². The second kappa shape index (κ2) is 4.63. The van der Waals surface area contributed by atoms with Crippen molar-refractivity contribution in [2.45, 2.75) is 11.2 Å². The maximum absolute atomic E-state index is 11.7. The van der Waals surface area contributed by atoms with E-state index in [0.29, 0.717) is 29.1 Å². The molecular formula is C10H8Br2N4O. The Morgan fingerprint density at radius 3 is 2.82 bits per heavy atom. The van der Waals surface area contributed by atoms with Gasteiger partial charge in [-0.1, -0.05) is 15.9 Å². The van der Waals surface area contributed by atoms with Gasteiger partial charge < -0.3 is 5.73 Å². The lowest BCUT2D eigenvalue weighted by Gasteiger charge is -2.16. The Morgan fingerprint density at radius 1 is 1.65 bits per heavy atom. The van der Waals surface area contributed by atoms with E-state index in [9.17, 15) is 4.79 Å². The number of hydrogen-bond acceptors (Lipinski definition) is 4. The Kier molecular flexibility index (Phi) is 3.35. The third-order valence-electron chi connectivity index (χ3n) is 2.46. The number of amides is 1. The summed E-state index contributed by atoms with van der Waals surface area (Å²) < 4.78 is 0.362. The minimum atomic E-state index is -0.00428. The minimum Gasteiger partial charge on any atom is -0.397 e. The number of alkyl halides is 1. The lowest BCUT2D eigenvalue weighted by atomic mass is 10.2. The van der Waals surface area contributed by atoms with Gasteiger partial charge in [0.15, 0.2) is 0 Å². The van der Waals surface area contributed by atoms with E-state index in [2.05, 4.69) is 36.8 Å². The van der Waals surface area contributed by atoms with Crippen LogP contribution in [0.1, 0.15) is 12.0 Å². The van der Waals surface area contributed by atoms with Gasteiger partial charge in [0.05, 0.1) is 5.69 Å². The standard InChI is InChI=1S/C10H8Br2N4O/c11-5-1-9(17)16(4-5)8-2-7(14)6(3-13)10(12)15-8/h2,5H,1,4H2,(H2,14,15). The normalized spacial score (nSPS) is 19.5. The average molecular weight is 360 g/mol. The zero-order valence-electron chi connectivity index (χ0n) is 8.65. The summed E-state index contributed by atoms with van der Waals surface area (Å²) in [6.07, 6.45) is 0.444. The number of anilines is 2. The van der Waals surface area contributed by atoms with Crippen LogP contribution < -0.4 is 10.6 Å². The molecule has 1 aromatic rings. The molecule has 1 amide bonds. The van der Waals surface area contributed by atoms with Crippen molar-refractivity contribution >= 4 is 49.3 Å². The molecular weight excluding hydrogens is 352 g/mol. The molecule has 1 unspecified atom stereocenters. The molecule has 7 heteroatoms. The molecule has 0 aliphatic carbocycles. The van der Waals surface area contributed by atoms with Gasteiger partial charge in [0, 0.05) is 23.9 Å². The average Bonchev–Trinajstić information content (AvgIpc) is 2.57. The Bertz CT molecular complexity index is 503. The number of hydrogen-bond donors (Lipinski definition) is 1. The van der Waals surface area contributed by atoms with E-state index in [-0.39, 0.29) is 16.3 Å². The first-order chi connectivity index (χ1) is 8.02. The maximum Gasteiger partial charge on any atom is 0.229 e. The molecule has 0 bridgehead atoms. The Labute approximate surface area is 115 Å². The van der Waals surface area contributed by atoms with Crippen LogP contribution in [0.15, 0.2) is 10.7 Å². The van der Waals surface area contributed by atoms with Gasteiger partial charge in [-0.15, -0.1) is 0 Å². The van der Waals surface area contributed by atoms with Crippen LogP contribution in [-0.4, -0.2) is 22.3 Å².